The summed E-state index contributed by atoms with van der Waals surface area (Å²) < 4.78 is 0. The van der Waals surface area contributed by atoms with E-state index in [0.29, 0.717) is 5.02 Å². The third-order valence-electron chi connectivity index (χ3n) is 3.70. The lowest BCUT2D eigenvalue weighted by Crippen LogP contribution is -2.24. The molecular formula is C16H18ClN3. The molecule has 3 nitrogen and oxygen atoms in total. The first-order valence-electron chi connectivity index (χ1n) is 7.16. The van der Waals surface area contributed by atoms with Crippen LogP contribution in [-0.2, 0) is 0 Å². The standard InChI is InChI=1S/C16H18ClN3/c17-14-6-7-15(18-12-14)13-5-8-16(19-11-13)20-9-3-1-2-4-10-20/h5-8,11-12H,1-4,9-10H2. The Bertz CT molecular complexity index is 543. The average molecular weight is 288 g/mol. The minimum absolute atomic E-state index is 0.655. The second-order valence-electron chi connectivity index (χ2n) is 5.17. The average Bonchev–Trinajstić information content (AvgIpc) is 2.77. The zero-order valence-electron chi connectivity index (χ0n) is 11.4. The van der Waals surface area contributed by atoms with E-state index in [1.807, 2.05) is 18.3 Å². The molecule has 0 spiro atoms. The normalized spacial score (nSPS) is 15.9. The van der Waals surface area contributed by atoms with Crippen molar-refractivity contribution < 1.29 is 0 Å². The molecule has 3 heterocycles. The van der Waals surface area contributed by atoms with Crippen LogP contribution in [0.3, 0.4) is 0 Å². The highest BCUT2D eigenvalue weighted by atomic mass is 35.5. The zero-order chi connectivity index (χ0) is 13.8. The molecule has 0 bridgehead atoms. The molecule has 0 saturated carbocycles. The molecule has 0 unspecified atom stereocenters. The molecule has 1 fully saturated rings. The van der Waals surface area contributed by atoms with Crippen LogP contribution in [0.4, 0.5) is 5.82 Å². The van der Waals surface area contributed by atoms with Crippen LogP contribution in [0.15, 0.2) is 36.7 Å². The third-order valence-corrected chi connectivity index (χ3v) is 3.92. The van der Waals surface area contributed by atoms with Crippen molar-refractivity contribution in [1.82, 2.24) is 9.97 Å². The minimum atomic E-state index is 0.655. The summed E-state index contributed by atoms with van der Waals surface area (Å²) in [6, 6.07) is 7.96. The number of aromatic nitrogens is 2. The summed E-state index contributed by atoms with van der Waals surface area (Å²) in [6.45, 7) is 2.23. The monoisotopic (exact) mass is 287 g/mol. The van der Waals surface area contributed by atoms with Gasteiger partial charge in [-0.15, -0.1) is 0 Å². The molecular weight excluding hydrogens is 270 g/mol. The summed E-state index contributed by atoms with van der Waals surface area (Å²) in [5.74, 6) is 1.07. The Morgan fingerprint density at radius 2 is 1.65 bits per heavy atom. The lowest BCUT2D eigenvalue weighted by atomic mass is 10.2. The van der Waals surface area contributed by atoms with Crippen LogP contribution >= 0.6 is 11.6 Å². The van der Waals surface area contributed by atoms with Gasteiger partial charge in [0.05, 0.1) is 10.7 Å². The van der Waals surface area contributed by atoms with Gasteiger partial charge in [0, 0.05) is 31.0 Å². The van der Waals surface area contributed by atoms with Gasteiger partial charge >= 0.3 is 0 Å². The Kier molecular flexibility index (Phi) is 4.16. The Labute approximate surface area is 124 Å². The van der Waals surface area contributed by atoms with Crippen molar-refractivity contribution in [2.75, 3.05) is 18.0 Å². The largest absolute Gasteiger partial charge is 0.357 e. The quantitative estimate of drug-likeness (QED) is 0.830. The van der Waals surface area contributed by atoms with Gasteiger partial charge in [0.15, 0.2) is 0 Å². The smallest absolute Gasteiger partial charge is 0.128 e. The van der Waals surface area contributed by atoms with Crippen LogP contribution in [-0.4, -0.2) is 23.1 Å². The molecule has 1 aliphatic heterocycles. The van der Waals surface area contributed by atoms with Crippen molar-refractivity contribution in [3.63, 3.8) is 0 Å². The fraction of sp³-hybridized carbons (Fsp3) is 0.375. The van der Waals surface area contributed by atoms with Crippen LogP contribution in [0.2, 0.25) is 5.02 Å². The maximum atomic E-state index is 5.86. The van der Waals surface area contributed by atoms with E-state index in [2.05, 4.69) is 27.0 Å². The number of nitrogens with zero attached hydrogens (tertiary/aromatic N) is 3. The Hall–Kier alpha value is -1.61. The van der Waals surface area contributed by atoms with E-state index in [1.165, 1.54) is 25.7 Å². The molecule has 104 valence electrons. The summed E-state index contributed by atoms with van der Waals surface area (Å²) in [7, 11) is 0. The predicted octanol–water partition coefficient (Wildman–Crippen LogP) is 4.18. The van der Waals surface area contributed by atoms with Gasteiger partial charge in [0.2, 0.25) is 0 Å². The highest BCUT2D eigenvalue weighted by Crippen LogP contribution is 2.22. The fourth-order valence-corrected chi connectivity index (χ4v) is 2.68. The molecule has 1 saturated heterocycles. The molecule has 1 aliphatic rings. The van der Waals surface area contributed by atoms with Crippen LogP contribution in [0, 0.1) is 0 Å². The van der Waals surface area contributed by atoms with Crippen molar-refractivity contribution in [2.45, 2.75) is 25.7 Å². The van der Waals surface area contributed by atoms with Crippen molar-refractivity contribution in [2.24, 2.45) is 0 Å². The second kappa shape index (κ2) is 6.23. The van der Waals surface area contributed by atoms with E-state index < -0.39 is 0 Å². The molecule has 0 N–H and O–H groups in total. The molecule has 0 radical (unpaired) electrons. The molecule has 0 aromatic carbocycles. The van der Waals surface area contributed by atoms with Crippen LogP contribution in [0.25, 0.3) is 11.3 Å². The van der Waals surface area contributed by atoms with E-state index in [0.717, 1.165) is 30.2 Å². The number of halogens is 1. The van der Waals surface area contributed by atoms with Crippen molar-refractivity contribution in [1.29, 1.82) is 0 Å². The van der Waals surface area contributed by atoms with Crippen LogP contribution < -0.4 is 4.90 Å². The first-order chi connectivity index (χ1) is 9.83. The highest BCUT2D eigenvalue weighted by molar-refractivity contribution is 6.30. The van der Waals surface area contributed by atoms with Crippen LogP contribution in [0.1, 0.15) is 25.7 Å². The number of pyridine rings is 2. The van der Waals surface area contributed by atoms with E-state index in [1.54, 1.807) is 6.20 Å². The molecule has 0 atom stereocenters. The van der Waals surface area contributed by atoms with Gasteiger partial charge in [-0.3, -0.25) is 4.98 Å². The minimum Gasteiger partial charge on any atom is -0.357 e. The van der Waals surface area contributed by atoms with E-state index in [-0.39, 0.29) is 0 Å². The molecule has 2 aromatic rings. The topological polar surface area (TPSA) is 29.0 Å². The first kappa shape index (κ1) is 13.4. The number of anilines is 1. The van der Waals surface area contributed by atoms with Gasteiger partial charge in [-0.25, -0.2) is 4.98 Å². The summed E-state index contributed by atoms with van der Waals surface area (Å²) in [5, 5.41) is 0.655. The van der Waals surface area contributed by atoms with Gasteiger partial charge in [0.1, 0.15) is 5.82 Å². The summed E-state index contributed by atoms with van der Waals surface area (Å²) in [5.41, 5.74) is 1.93. The van der Waals surface area contributed by atoms with E-state index in [4.69, 9.17) is 11.6 Å². The number of hydrogen-bond acceptors (Lipinski definition) is 3. The Morgan fingerprint density at radius 3 is 2.25 bits per heavy atom. The Balaban J connectivity index is 1.78. The first-order valence-corrected chi connectivity index (χ1v) is 7.54. The summed E-state index contributed by atoms with van der Waals surface area (Å²) in [6.07, 6.45) is 8.77. The van der Waals surface area contributed by atoms with Crippen molar-refractivity contribution in [3.05, 3.63) is 41.7 Å². The molecule has 0 amide bonds. The fourth-order valence-electron chi connectivity index (χ4n) is 2.57. The maximum absolute atomic E-state index is 5.86. The van der Waals surface area contributed by atoms with Gasteiger partial charge < -0.3 is 4.90 Å². The summed E-state index contributed by atoms with van der Waals surface area (Å²) in [4.78, 5) is 11.3. The van der Waals surface area contributed by atoms with Gasteiger partial charge in [-0.1, -0.05) is 24.4 Å². The van der Waals surface area contributed by atoms with E-state index in [9.17, 15) is 0 Å². The predicted molar refractivity (Wildman–Crippen MR) is 83.2 cm³/mol. The van der Waals surface area contributed by atoms with Crippen molar-refractivity contribution in [3.8, 4) is 11.3 Å². The molecule has 3 rings (SSSR count). The highest BCUT2D eigenvalue weighted by Gasteiger charge is 2.11. The Morgan fingerprint density at radius 1 is 0.850 bits per heavy atom. The maximum Gasteiger partial charge on any atom is 0.128 e. The lowest BCUT2D eigenvalue weighted by Gasteiger charge is -2.21. The van der Waals surface area contributed by atoms with Crippen molar-refractivity contribution >= 4 is 17.4 Å². The molecule has 20 heavy (non-hydrogen) atoms. The van der Waals surface area contributed by atoms with Gasteiger partial charge in [-0.05, 0) is 37.1 Å². The summed E-state index contributed by atoms with van der Waals surface area (Å²) >= 11 is 5.86. The van der Waals surface area contributed by atoms with Gasteiger partial charge in [-0.2, -0.15) is 0 Å². The number of hydrogen-bond donors (Lipinski definition) is 0. The lowest BCUT2D eigenvalue weighted by molar-refractivity contribution is 0.726. The molecule has 2 aromatic heterocycles. The molecule has 4 heteroatoms. The second-order valence-corrected chi connectivity index (χ2v) is 5.60. The van der Waals surface area contributed by atoms with E-state index >= 15 is 0 Å². The number of rotatable bonds is 2. The third kappa shape index (κ3) is 3.10. The zero-order valence-corrected chi connectivity index (χ0v) is 12.2. The van der Waals surface area contributed by atoms with Gasteiger partial charge in [0.25, 0.3) is 0 Å². The SMILES string of the molecule is Clc1ccc(-c2ccc(N3CCCCCC3)nc2)nc1. The molecule has 0 aliphatic carbocycles. The van der Waals surface area contributed by atoms with Crippen LogP contribution in [0.5, 0.6) is 0 Å².